The molecule has 94 valence electrons. The number of piperazine rings is 1. The molecule has 0 unspecified atom stereocenters. The molecule has 1 aliphatic heterocycles. The maximum absolute atomic E-state index is 3.47. The van der Waals surface area contributed by atoms with E-state index in [0.717, 1.165) is 5.92 Å². The lowest BCUT2D eigenvalue weighted by Gasteiger charge is -2.49. The predicted octanol–water partition coefficient (Wildman–Crippen LogP) is 2.64. The number of nitrogens with zero attached hydrogens (tertiary/aromatic N) is 1. The molecule has 0 spiro atoms. The third-order valence-corrected chi connectivity index (χ3v) is 5.06. The van der Waals surface area contributed by atoms with Gasteiger partial charge in [0.25, 0.3) is 0 Å². The molecule has 1 aliphatic carbocycles. The van der Waals surface area contributed by atoms with E-state index in [1.807, 2.05) is 0 Å². The fourth-order valence-corrected chi connectivity index (χ4v) is 3.66. The highest BCUT2D eigenvalue weighted by Gasteiger charge is 2.38. The fourth-order valence-electron chi connectivity index (χ4n) is 3.66. The van der Waals surface area contributed by atoms with Crippen LogP contribution in [0, 0.1) is 5.92 Å². The standard InChI is InChI=1S/C14H28N2/c1-3-13-5-7-14(4-2,8-6-13)16-11-9-15-10-12-16/h13,15H,3-12H2,1-2H3. The van der Waals surface area contributed by atoms with Gasteiger partial charge >= 0.3 is 0 Å². The van der Waals surface area contributed by atoms with Gasteiger partial charge in [-0.1, -0.05) is 20.3 Å². The van der Waals surface area contributed by atoms with Crippen LogP contribution in [0.1, 0.15) is 52.4 Å². The molecule has 0 radical (unpaired) electrons. The minimum Gasteiger partial charge on any atom is -0.314 e. The Morgan fingerprint density at radius 1 is 1.12 bits per heavy atom. The molecule has 0 aromatic rings. The zero-order chi connectivity index (χ0) is 11.4. The summed E-state index contributed by atoms with van der Waals surface area (Å²) in [5, 5.41) is 3.47. The van der Waals surface area contributed by atoms with Crippen molar-refractivity contribution in [3.05, 3.63) is 0 Å². The normalized spacial score (nSPS) is 37.5. The summed E-state index contributed by atoms with van der Waals surface area (Å²) >= 11 is 0. The number of hydrogen-bond donors (Lipinski definition) is 1. The molecule has 2 aliphatic rings. The van der Waals surface area contributed by atoms with Crippen LogP contribution in [0.5, 0.6) is 0 Å². The van der Waals surface area contributed by atoms with Crippen molar-refractivity contribution in [1.29, 1.82) is 0 Å². The molecule has 2 nitrogen and oxygen atoms in total. The Labute approximate surface area is 101 Å². The van der Waals surface area contributed by atoms with Crippen molar-refractivity contribution in [3.8, 4) is 0 Å². The Bertz CT molecular complexity index is 201. The van der Waals surface area contributed by atoms with Crippen LogP contribution in [0.15, 0.2) is 0 Å². The highest BCUT2D eigenvalue weighted by atomic mass is 15.2. The Morgan fingerprint density at radius 3 is 2.25 bits per heavy atom. The van der Waals surface area contributed by atoms with E-state index < -0.39 is 0 Å². The van der Waals surface area contributed by atoms with E-state index in [-0.39, 0.29) is 0 Å². The zero-order valence-electron chi connectivity index (χ0n) is 11.1. The average Bonchev–Trinajstić information content (AvgIpc) is 2.40. The second-order valence-corrected chi connectivity index (χ2v) is 5.67. The second-order valence-electron chi connectivity index (χ2n) is 5.67. The monoisotopic (exact) mass is 224 g/mol. The van der Waals surface area contributed by atoms with Crippen molar-refractivity contribution in [1.82, 2.24) is 10.2 Å². The summed E-state index contributed by atoms with van der Waals surface area (Å²) in [6, 6.07) is 0. The maximum atomic E-state index is 3.47. The zero-order valence-corrected chi connectivity index (χ0v) is 11.1. The Balaban J connectivity index is 1.96. The van der Waals surface area contributed by atoms with Gasteiger partial charge < -0.3 is 5.32 Å². The van der Waals surface area contributed by atoms with Crippen molar-refractivity contribution in [2.45, 2.75) is 57.9 Å². The van der Waals surface area contributed by atoms with Gasteiger partial charge in [-0.15, -0.1) is 0 Å². The summed E-state index contributed by atoms with van der Waals surface area (Å²) in [4.78, 5) is 2.79. The SMILES string of the molecule is CCC1CCC(CC)(N2CCNCC2)CC1. The van der Waals surface area contributed by atoms with E-state index in [1.165, 1.54) is 64.7 Å². The van der Waals surface area contributed by atoms with E-state index in [9.17, 15) is 0 Å². The van der Waals surface area contributed by atoms with Crippen LogP contribution in [0.3, 0.4) is 0 Å². The largest absolute Gasteiger partial charge is 0.314 e. The fraction of sp³-hybridized carbons (Fsp3) is 1.00. The lowest BCUT2D eigenvalue weighted by atomic mass is 9.73. The summed E-state index contributed by atoms with van der Waals surface area (Å²) in [5.74, 6) is 1.02. The first-order valence-electron chi connectivity index (χ1n) is 7.26. The highest BCUT2D eigenvalue weighted by molar-refractivity contribution is 4.95. The van der Waals surface area contributed by atoms with Crippen molar-refractivity contribution < 1.29 is 0 Å². The molecule has 1 heterocycles. The van der Waals surface area contributed by atoms with E-state index in [0.29, 0.717) is 5.54 Å². The molecule has 2 fully saturated rings. The van der Waals surface area contributed by atoms with Crippen LogP contribution in [-0.2, 0) is 0 Å². The van der Waals surface area contributed by atoms with Crippen LogP contribution in [0.4, 0.5) is 0 Å². The van der Waals surface area contributed by atoms with E-state index in [4.69, 9.17) is 0 Å². The Kier molecular flexibility index (Phi) is 4.26. The number of hydrogen-bond acceptors (Lipinski definition) is 2. The first-order chi connectivity index (χ1) is 7.80. The van der Waals surface area contributed by atoms with Crippen molar-refractivity contribution in [2.75, 3.05) is 26.2 Å². The Hall–Kier alpha value is -0.0800. The van der Waals surface area contributed by atoms with Gasteiger partial charge in [-0.2, -0.15) is 0 Å². The number of nitrogens with one attached hydrogen (secondary N) is 1. The summed E-state index contributed by atoms with van der Waals surface area (Å²) in [7, 11) is 0. The summed E-state index contributed by atoms with van der Waals surface area (Å²) in [5.41, 5.74) is 0.563. The minimum atomic E-state index is 0.563. The predicted molar refractivity (Wildman–Crippen MR) is 69.7 cm³/mol. The van der Waals surface area contributed by atoms with Crippen molar-refractivity contribution in [3.63, 3.8) is 0 Å². The summed E-state index contributed by atoms with van der Waals surface area (Å²) < 4.78 is 0. The third-order valence-electron chi connectivity index (χ3n) is 5.06. The van der Waals surface area contributed by atoms with Gasteiger partial charge in [0.05, 0.1) is 0 Å². The molecule has 0 aromatic carbocycles. The quantitative estimate of drug-likeness (QED) is 0.793. The molecular weight excluding hydrogens is 196 g/mol. The molecule has 2 rings (SSSR count). The second kappa shape index (κ2) is 5.50. The smallest absolute Gasteiger partial charge is 0.0208 e. The van der Waals surface area contributed by atoms with E-state index >= 15 is 0 Å². The van der Waals surface area contributed by atoms with Crippen LogP contribution in [0.2, 0.25) is 0 Å². The molecule has 0 aromatic heterocycles. The van der Waals surface area contributed by atoms with Crippen LogP contribution >= 0.6 is 0 Å². The van der Waals surface area contributed by atoms with Gasteiger partial charge in [-0.25, -0.2) is 0 Å². The van der Waals surface area contributed by atoms with Gasteiger partial charge in [-0.05, 0) is 38.0 Å². The molecule has 0 amide bonds. The molecule has 1 saturated carbocycles. The lowest BCUT2D eigenvalue weighted by Crippen LogP contribution is -2.57. The van der Waals surface area contributed by atoms with Crippen molar-refractivity contribution >= 4 is 0 Å². The first kappa shape index (κ1) is 12.4. The number of rotatable bonds is 3. The van der Waals surface area contributed by atoms with Crippen LogP contribution in [0.25, 0.3) is 0 Å². The molecular formula is C14H28N2. The molecule has 0 bridgehead atoms. The lowest BCUT2D eigenvalue weighted by molar-refractivity contribution is 0.0225. The molecule has 16 heavy (non-hydrogen) atoms. The first-order valence-corrected chi connectivity index (χ1v) is 7.26. The van der Waals surface area contributed by atoms with Crippen molar-refractivity contribution in [2.24, 2.45) is 5.92 Å². The minimum absolute atomic E-state index is 0.563. The topological polar surface area (TPSA) is 15.3 Å². The Morgan fingerprint density at radius 2 is 1.75 bits per heavy atom. The summed E-state index contributed by atoms with van der Waals surface area (Å²) in [6.07, 6.45) is 8.57. The third kappa shape index (κ3) is 2.43. The average molecular weight is 224 g/mol. The van der Waals surface area contributed by atoms with Gasteiger partial charge in [0.15, 0.2) is 0 Å². The molecule has 1 saturated heterocycles. The molecule has 2 heteroatoms. The van der Waals surface area contributed by atoms with Gasteiger partial charge in [-0.3, -0.25) is 4.90 Å². The van der Waals surface area contributed by atoms with Crippen LogP contribution in [-0.4, -0.2) is 36.6 Å². The van der Waals surface area contributed by atoms with Crippen LogP contribution < -0.4 is 5.32 Å². The summed E-state index contributed by atoms with van der Waals surface area (Å²) in [6.45, 7) is 9.68. The van der Waals surface area contributed by atoms with E-state index in [2.05, 4.69) is 24.1 Å². The highest BCUT2D eigenvalue weighted by Crippen LogP contribution is 2.39. The van der Waals surface area contributed by atoms with Gasteiger partial charge in [0.2, 0.25) is 0 Å². The maximum Gasteiger partial charge on any atom is 0.0208 e. The van der Waals surface area contributed by atoms with Gasteiger partial charge in [0, 0.05) is 31.7 Å². The molecule has 1 N–H and O–H groups in total. The van der Waals surface area contributed by atoms with E-state index in [1.54, 1.807) is 0 Å². The molecule has 0 atom stereocenters. The van der Waals surface area contributed by atoms with Gasteiger partial charge in [0.1, 0.15) is 0 Å².